The molecule has 1 N–H and O–H groups in total. The highest BCUT2D eigenvalue weighted by Gasteiger charge is 2.35. The van der Waals surface area contributed by atoms with Crippen molar-refractivity contribution in [3.8, 4) is 0 Å². The first-order valence-corrected chi connectivity index (χ1v) is 8.58. The molecule has 0 spiro atoms. The van der Waals surface area contributed by atoms with Crippen molar-refractivity contribution in [2.24, 2.45) is 23.2 Å². The molecule has 3 unspecified atom stereocenters. The summed E-state index contributed by atoms with van der Waals surface area (Å²) in [4.78, 5) is 0. The third-order valence-corrected chi connectivity index (χ3v) is 5.03. The molecule has 114 valence electrons. The molecule has 0 heterocycles. The van der Waals surface area contributed by atoms with E-state index >= 15 is 0 Å². The summed E-state index contributed by atoms with van der Waals surface area (Å²) in [6, 6.07) is 0.788. The molecule has 0 radical (unpaired) electrons. The predicted molar refractivity (Wildman–Crippen MR) is 86.4 cm³/mol. The summed E-state index contributed by atoms with van der Waals surface area (Å²) in [6.45, 7) is 15.4. The first-order chi connectivity index (χ1) is 8.84. The SMILES string of the molecule is CCNC1CCC(C(C)(C)C)CC1CCCC(C)C. The van der Waals surface area contributed by atoms with Crippen LogP contribution in [0.15, 0.2) is 0 Å². The fourth-order valence-corrected chi connectivity index (χ4v) is 3.69. The van der Waals surface area contributed by atoms with Gasteiger partial charge in [0, 0.05) is 6.04 Å². The van der Waals surface area contributed by atoms with Crippen molar-refractivity contribution in [3.05, 3.63) is 0 Å². The first kappa shape index (κ1) is 17.0. The molecule has 3 atom stereocenters. The van der Waals surface area contributed by atoms with Crippen LogP contribution in [-0.4, -0.2) is 12.6 Å². The number of rotatable bonds is 6. The van der Waals surface area contributed by atoms with Gasteiger partial charge in [0.25, 0.3) is 0 Å². The molecule has 0 aromatic rings. The third-order valence-electron chi connectivity index (χ3n) is 5.03. The van der Waals surface area contributed by atoms with E-state index in [0.29, 0.717) is 5.41 Å². The summed E-state index contributed by atoms with van der Waals surface area (Å²) in [5.74, 6) is 2.70. The van der Waals surface area contributed by atoms with Gasteiger partial charge in [-0.3, -0.25) is 0 Å². The Morgan fingerprint density at radius 3 is 2.37 bits per heavy atom. The van der Waals surface area contributed by atoms with Crippen LogP contribution >= 0.6 is 0 Å². The van der Waals surface area contributed by atoms with Gasteiger partial charge < -0.3 is 5.32 Å². The Morgan fingerprint density at radius 2 is 1.84 bits per heavy atom. The second-order valence-corrected chi connectivity index (χ2v) is 8.13. The van der Waals surface area contributed by atoms with Crippen LogP contribution < -0.4 is 5.32 Å². The lowest BCUT2D eigenvalue weighted by Crippen LogP contribution is -2.42. The van der Waals surface area contributed by atoms with Crippen LogP contribution in [-0.2, 0) is 0 Å². The Labute approximate surface area is 121 Å². The molecular formula is C18H37N. The average Bonchev–Trinajstić information content (AvgIpc) is 2.29. The van der Waals surface area contributed by atoms with Crippen LogP contribution in [0.2, 0.25) is 0 Å². The second kappa shape index (κ2) is 7.67. The molecule has 1 rings (SSSR count). The Kier molecular flexibility index (Phi) is 6.86. The fourth-order valence-electron chi connectivity index (χ4n) is 3.69. The fraction of sp³-hybridized carbons (Fsp3) is 1.00. The molecule has 1 fully saturated rings. The quantitative estimate of drug-likeness (QED) is 0.693. The number of nitrogens with one attached hydrogen (secondary N) is 1. The maximum atomic E-state index is 3.74. The molecule has 0 aliphatic heterocycles. The molecule has 1 nitrogen and oxygen atoms in total. The van der Waals surface area contributed by atoms with Gasteiger partial charge in [0.15, 0.2) is 0 Å². The minimum atomic E-state index is 0.494. The summed E-state index contributed by atoms with van der Waals surface area (Å²) in [7, 11) is 0. The highest BCUT2D eigenvalue weighted by atomic mass is 14.9. The van der Waals surface area contributed by atoms with E-state index < -0.39 is 0 Å². The minimum absolute atomic E-state index is 0.494. The van der Waals surface area contributed by atoms with Gasteiger partial charge in [-0.15, -0.1) is 0 Å². The van der Waals surface area contributed by atoms with Crippen molar-refractivity contribution in [1.29, 1.82) is 0 Å². The van der Waals surface area contributed by atoms with Crippen molar-refractivity contribution < 1.29 is 0 Å². The summed E-state index contributed by atoms with van der Waals surface area (Å²) >= 11 is 0. The van der Waals surface area contributed by atoms with Crippen molar-refractivity contribution in [1.82, 2.24) is 5.32 Å². The van der Waals surface area contributed by atoms with E-state index in [9.17, 15) is 0 Å². The van der Waals surface area contributed by atoms with Crippen LogP contribution in [0.3, 0.4) is 0 Å². The lowest BCUT2D eigenvalue weighted by Gasteiger charge is -2.42. The zero-order valence-electron chi connectivity index (χ0n) is 14.3. The average molecular weight is 268 g/mol. The van der Waals surface area contributed by atoms with Crippen molar-refractivity contribution in [2.45, 2.75) is 86.1 Å². The van der Waals surface area contributed by atoms with E-state index in [0.717, 1.165) is 30.3 Å². The molecule has 19 heavy (non-hydrogen) atoms. The summed E-state index contributed by atoms with van der Waals surface area (Å²) < 4.78 is 0. The van der Waals surface area contributed by atoms with Gasteiger partial charge in [0.1, 0.15) is 0 Å². The number of hydrogen-bond acceptors (Lipinski definition) is 1. The molecule has 0 aromatic heterocycles. The van der Waals surface area contributed by atoms with Crippen LogP contribution in [0.25, 0.3) is 0 Å². The maximum Gasteiger partial charge on any atom is 0.00954 e. The van der Waals surface area contributed by atoms with Crippen molar-refractivity contribution >= 4 is 0 Å². The van der Waals surface area contributed by atoms with Gasteiger partial charge in [-0.1, -0.05) is 54.4 Å². The Bertz CT molecular complexity index is 239. The number of hydrogen-bond donors (Lipinski definition) is 1. The Hall–Kier alpha value is -0.0400. The molecule has 0 bridgehead atoms. The third kappa shape index (κ3) is 5.85. The summed E-state index contributed by atoms with van der Waals surface area (Å²) in [6.07, 6.45) is 8.50. The van der Waals surface area contributed by atoms with Gasteiger partial charge >= 0.3 is 0 Å². The Morgan fingerprint density at radius 1 is 1.16 bits per heavy atom. The second-order valence-electron chi connectivity index (χ2n) is 8.13. The van der Waals surface area contributed by atoms with Gasteiger partial charge in [0.05, 0.1) is 0 Å². The van der Waals surface area contributed by atoms with E-state index in [-0.39, 0.29) is 0 Å². The summed E-state index contributed by atoms with van der Waals surface area (Å²) in [5, 5.41) is 3.74. The lowest BCUT2D eigenvalue weighted by atomic mass is 9.66. The van der Waals surface area contributed by atoms with E-state index in [1.165, 1.54) is 38.5 Å². The predicted octanol–water partition coefficient (Wildman–Crippen LogP) is 5.25. The van der Waals surface area contributed by atoms with Crippen LogP contribution in [0.5, 0.6) is 0 Å². The monoisotopic (exact) mass is 267 g/mol. The highest BCUT2D eigenvalue weighted by molar-refractivity contribution is 4.88. The minimum Gasteiger partial charge on any atom is -0.314 e. The van der Waals surface area contributed by atoms with Crippen molar-refractivity contribution in [3.63, 3.8) is 0 Å². The standard InChI is InChI=1S/C18H37N/c1-7-19-17-12-11-16(18(4,5)6)13-15(17)10-8-9-14(2)3/h14-17,19H,7-13H2,1-6H3. The summed E-state index contributed by atoms with van der Waals surface area (Å²) in [5.41, 5.74) is 0.494. The van der Waals surface area contributed by atoms with Crippen LogP contribution in [0.4, 0.5) is 0 Å². The largest absolute Gasteiger partial charge is 0.314 e. The van der Waals surface area contributed by atoms with Gasteiger partial charge in [-0.2, -0.15) is 0 Å². The van der Waals surface area contributed by atoms with Crippen molar-refractivity contribution in [2.75, 3.05) is 6.54 Å². The smallest absolute Gasteiger partial charge is 0.00954 e. The first-order valence-electron chi connectivity index (χ1n) is 8.58. The van der Waals surface area contributed by atoms with Gasteiger partial charge in [-0.25, -0.2) is 0 Å². The molecule has 0 aromatic carbocycles. The lowest BCUT2D eigenvalue weighted by molar-refractivity contribution is 0.108. The van der Waals surface area contributed by atoms with Crippen LogP contribution in [0.1, 0.15) is 80.1 Å². The van der Waals surface area contributed by atoms with Gasteiger partial charge in [0.2, 0.25) is 0 Å². The zero-order valence-corrected chi connectivity index (χ0v) is 14.3. The van der Waals surface area contributed by atoms with E-state index in [1.807, 2.05) is 0 Å². The van der Waals surface area contributed by atoms with E-state index in [2.05, 4.69) is 46.9 Å². The molecule has 1 aliphatic carbocycles. The maximum absolute atomic E-state index is 3.74. The molecule has 0 saturated heterocycles. The normalized spacial score (nSPS) is 28.9. The molecule has 1 saturated carbocycles. The Balaban J connectivity index is 2.52. The molecular weight excluding hydrogens is 230 g/mol. The van der Waals surface area contributed by atoms with Gasteiger partial charge in [-0.05, 0) is 55.4 Å². The molecule has 1 aliphatic rings. The zero-order chi connectivity index (χ0) is 14.5. The molecule has 0 amide bonds. The van der Waals surface area contributed by atoms with E-state index in [4.69, 9.17) is 0 Å². The highest BCUT2D eigenvalue weighted by Crippen LogP contribution is 2.41. The molecule has 1 heteroatoms. The van der Waals surface area contributed by atoms with E-state index in [1.54, 1.807) is 0 Å². The van der Waals surface area contributed by atoms with Crippen LogP contribution in [0, 0.1) is 23.2 Å². The topological polar surface area (TPSA) is 12.0 Å².